The zero-order valence-corrected chi connectivity index (χ0v) is 21.4. The first-order chi connectivity index (χ1) is 17.8. The van der Waals surface area contributed by atoms with Crippen molar-refractivity contribution in [2.24, 2.45) is 0 Å². The lowest BCUT2D eigenvalue weighted by atomic mass is 9.53. The second kappa shape index (κ2) is 11.2. The number of rotatable bonds is 4. The van der Waals surface area contributed by atoms with Gasteiger partial charge in [-0.3, -0.25) is 4.90 Å². The smallest absolute Gasteiger partial charge is 0.192 e. The SMILES string of the molecule is [B]1c2ccccc2C(C2CN(C3CCCCCC(Nc4ccccc4)CC3)CCN2)c2ccccc21. The molecule has 6 rings (SSSR count). The lowest BCUT2D eigenvalue weighted by molar-refractivity contribution is 0.122. The topological polar surface area (TPSA) is 27.3 Å². The fraction of sp³-hybridized carbons (Fsp3) is 0.438. The average molecular weight is 476 g/mol. The second-order valence-corrected chi connectivity index (χ2v) is 11.0. The van der Waals surface area contributed by atoms with Gasteiger partial charge in [0.05, 0.1) is 0 Å². The summed E-state index contributed by atoms with van der Waals surface area (Å²) < 4.78 is 0. The minimum atomic E-state index is 0.411. The summed E-state index contributed by atoms with van der Waals surface area (Å²) in [5.74, 6) is 0.411. The molecule has 1 aliphatic carbocycles. The molecule has 2 N–H and O–H groups in total. The van der Waals surface area contributed by atoms with Crippen molar-refractivity contribution >= 4 is 23.9 Å². The number of piperazine rings is 1. The molecule has 2 heterocycles. The third-order valence-corrected chi connectivity index (χ3v) is 8.71. The Hall–Kier alpha value is -2.56. The number of fused-ring (bicyclic) bond motifs is 2. The highest BCUT2D eigenvalue weighted by molar-refractivity contribution is 6.69. The van der Waals surface area contributed by atoms with Crippen LogP contribution in [0.25, 0.3) is 0 Å². The Balaban J connectivity index is 1.19. The maximum absolute atomic E-state index is 3.95. The quantitative estimate of drug-likeness (QED) is 0.537. The zero-order valence-electron chi connectivity index (χ0n) is 21.4. The van der Waals surface area contributed by atoms with Crippen LogP contribution in [0.2, 0.25) is 0 Å². The first-order valence-electron chi connectivity index (χ1n) is 14.2. The molecule has 1 saturated heterocycles. The summed E-state index contributed by atoms with van der Waals surface area (Å²) in [6.45, 7) is 3.38. The normalized spacial score (nSPS) is 25.4. The molecule has 185 valence electrons. The van der Waals surface area contributed by atoms with Gasteiger partial charge in [0.25, 0.3) is 0 Å². The Morgan fingerprint density at radius 3 is 2.19 bits per heavy atom. The van der Waals surface area contributed by atoms with E-state index in [0.29, 0.717) is 24.0 Å². The summed E-state index contributed by atoms with van der Waals surface area (Å²) in [6, 6.07) is 30.6. The third-order valence-electron chi connectivity index (χ3n) is 8.71. The van der Waals surface area contributed by atoms with Gasteiger partial charge in [-0.25, -0.2) is 0 Å². The van der Waals surface area contributed by atoms with Crippen LogP contribution in [0, 0.1) is 0 Å². The molecular weight excluding hydrogens is 437 g/mol. The Morgan fingerprint density at radius 1 is 0.722 bits per heavy atom. The van der Waals surface area contributed by atoms with E-state index < -0.39 is 0 Å². The van der Waals surface area contributed by atoms with Crippen molar-refractivity contribution in [2.45, 2.75) is 69.0 Å². The molecule has 3 aliphatic rings. The maximum atomic E-state index is 3.95. The van der Waals surface area contributed by atoms with E-state index in [1.54, 1.807) is 0 Å². The number of benzene rings is 3. The van der Waals surface area contributed by atoms with Crippen LogP contribution in [0.1, 0.15) is 62.0 Å². The number of hydrogen-bond donors (Lipinski definition) is 2. The van der Waals surface area contributed by atoms with Gasteiger partial charge in [-0.05, 0) is 48.9 Å². The van der Waals surface area contributed by atoms with Gasteiger partial charge in [0, 0.05) is 49.4 Å². The van der Waals surface area contributed by atoms with E-state index in [-0.39, 0.29) is 0 Å². The van der Waals surface area contributed by atoms with Crippen molar-refractivity contribution in [2.75, 3.05) is 25.0 Å². The van der Waals surface area contributed by atoms with Crippen molar-refractivity contribution in [3.05, 3.63) is 90.0 Å². The molecule has 2 aliphatic heterocycles. The summed E-state index contributed by atoms with van der Waals surface area (Å²) in [5.41, 5.74) is 7.01. The molecule has 1 radical (unpaired) electrons. The maximum Gasteiger partial charge on any atom is 0.192 e. The lowest BCUT2D eigenvalue weighted by Crippen LogP contribution is -2.58. The second-order valence-electron chi connectivity index (χ2n) is 11.0. The van der Waals surface area contributed by atoms with Gasteiger partial charge < -0.3 is 10.6 Å². The van der Waals surface area contributed by atoms with Gasteiger partial charge in [-0.1, -0.05) is 96.9 Å². The predicted molar refractivity (Wildman–Crippen MR) is 153 cm³/mol. The average Bonchev–Trinajstić information content (AvgIpc) is 3.05. The molecule has 36 heavy (non-hydrogen) atoms. The molecule has 3 unspecified atom stereocenters. The van der Waals surface area contributed by atoms with Crippen molar-refractivity contribution in [1.29, 1.82) is 0 Å². The van der Waals surface area contributed by atoms with E-state index in [4.69, 9.17) is 0 Å². The van der Waals surface area contributed by atoms with Gasteiger partial charge in [0.15, 0.2) is 7.28 Å². The highest BCUT2D eigenvalue weighted by Gasteiger charge is 2.36. The Morgan fingerprint density at radius 2 is 1.42 bits per heavy atom. The van der Waals surface area contributed by atoms with Crippen LogP contribution in [0.4, 0.5) is 5.69 Å². The highest BCUT2D eigenvalue weighted by atomic mass is 15.2. The van der Waals surface area contributed by atoms with Crippen LogP contribution in [0.15, 0.2) is 78.9 Å². The summed E-state index contributed by atoms with van der Waals surface area (Å²) in [6.07, 6.45) is 9.25. The van der Waals surface area contributed by atoms with Crippen LogP contribution in [-0.4, -0.2) is 49.9 Å². The van der Waals surface area contributed by atoms with E-state index >= 15 is 0 Å². The van der Waals surface area contributed by atoms with Crippen LogP contribution >= 0.6 is 0 Å². The van der Waals surface area contributed by atoms with Crippen molar-refractivity contribution in [3.8, 4) is 0 Å². The Bertz CT molecular complexity index is 1090. The van der Waals surface area contributed by atoms with Gasteiger partial charge in [-0.15, -0.1) is 0 Å². The van der Waals surface area contributed by atoms with Crippen molar-refractivity contribution in [1.82, 2.24) is 10.2 Å². The first kappa shape index (κ1) is 23.8. The monoisotopic (exact) mass is 476 g/mol. The van der Waals surface area contributed by atoms with Crippen LogP contribution in [0.3, 0.4) is 0 Å². The number of anilines is 1. The number of hydrogen-bond acceptors (Lipinski definition) is 3. The zero-order chi connectivity index (χ0) is 24.2. The number of nitrogens with one attached hydrogen (secondary N) is 2. The number of para-hydroxylation sites is 1. The Labute approximate surface area is 217 Å². The van der Waals surface area contributed by atoms with E-state index in [0.717, 1.165) is 13.1 Å². The third kappa shape index (κ3) is 5.26. The minimum Gasteiger partial charge on any atom is -0.382 e. The lowest BCUT2D eigenvalue weighted by Gasteiger charge is -2.44. The molecule has 3 nitrogen and oxygen atoms in total. The van der Waals surface area contributed by atoms with Gasteiger partial charge in [-0.2, -0.15) is 0 Å². The highest BCUT2D eigenvalue weighted by Crippen LogP contribution is 2.32. The van der Waals surface area contributed by atoms with Gasteiger partial charge in [0.2, 0.25) is 0 Å². The van der Waals surface area contributed by atoms with Crippen LogP contribution in [0.5, 0.6) is 0 Å². The summed E-state index contributed by atoms with van der Waals surface area (Å²) in [4.78, 5) is 2.84. The number of nitrogens with zero attached hydrogens (tertiary/aromatic N) is 1. The predicted octanol–water partition coefficient (Wildman–Crippen LogP) is 4.65. The van der Waals surface area contributed by atoms with Crippen LogP contribution < -0.4 is 21.6 Å². The fourth-order valence-corrected chi connectivity index (χ4v) is 6.89. The Kier molecular flexibility index (Phi) is 7.43. The molecule has 0 bridgehead atoms. The molecule has 0 aromatic heterocycles. The van der Waals surface area contributed by atoms with E-state index in [1.165, 1.54) is 79.2 Å². The molecule has 0 amide bonds. The summed E-state index contributed by atoms with van der Waals surface area (Å²) in [7, 11) is 2.37. The molecule has 2 fully saturated rings. The van der Waals surface area contributed by atoms with Crippen LogP contribution in [-0.2, 0) is 0 Å². The van der Waals surface area contributed by atoms with Gasteiger partial charge >= 0.3 is 0 Å². The van der Waals surface area contributed by atoms with Gasteiger partial charge in [0.1, 0.15) is 0 Å². The molecule has 3 aromatic carbocycles. The molecule has 0 spiro atoms. The standard InChI is InChI=1S/C32H39BN3/c1-3-11-24(12-4-1)35-25-13-5-2-6-14-26(20-19-25)36-22-21-34-31(23-36)32-27-15-7-9-17-29(27)33-30-18-10-8-16-28(30)32/h1,3-4,7-12,15-18,25-26,31-32,34-35H,2,5-6,13-14,19-23H2. The molecule has 3 atom stereocenters. The molecular formula is C32H39BN3. The molecule has 1 saturated carbocycles. The minimum absolute atomic E-state index is 0.411. The largest absolute Gasteiger partial charge is 0.382 e. The van der Waals surface area contributed by atoms with E-state index in [2.05, 4.69) is 102 Å². The summed E-state index contributed by atoms with van der Waals surface area (Å²) >= 11 is 0. The van der Waals surface area contributed by atoms with Crippen molar-refractivity contribution < 1.29 is 0 Å². The summed E-state index contributed by atoms with van der Waals surface area (Å²) in [5, 5.41) is 7.80. The van der Waals surface area contributed by atoms with E-state index in [9.17, 15) is 0 Å². The van der Waals surface area contributed by atoms with Crippen molar-refractivity contribution in [3.63, 3.8) is 0 Å². The molecule has 3 aromatic rings. The van der Waals surface area contributed by atoms with E-state index in [1.807, 2.05) is 0 Å². The first-order valence-corrected chi connectivity index (χ1v) is 14.2. The molecule has 4 heteroatoms. The fourth-order valence-electron chi connectivity index (χ4n) is 6.89.